The van der Waals surface area contributed by atoms with Crippen molar-refractivity contribution in [3.05, 3.63) is 0 Å². The number of Topliss-reactive ketones (excluding diaryl/α,β-unsaturated/α-hetero) is 1. The summed E-state index contributed by atoms with van der Waals surface area (Å²) >= 11 is 0. The number of carbonyl (C=O) groups excluding carboxylic acids is 1. The van der Waals surface area contributed by atoms with Gasteiger partial charge < -0.3 is 0 Å². The predicted molar refractivity (Wildman–Crippen MR) is 48.8 cm³/mol. The molecule has 2 aliphatic rings. The molecule has 0 heterocycles. The molecule has 1 nitrogen and oxygen atoms in total. The highest BCUT2D eigenvalue weighted by atomic mass is 16.1. The van der Waals surface area contributed by atoms with Gasteiger partial charge in [0.1, 0.15) is 5.78 Å². The highest BCUT2D eigenvalue weighted by molar-refractivity contribution is 5.82. The van der Waals surface area contributed by atoms with Gasteiger partial charge in [0, 0.05) is 12.3 Å². The molecule has 0 unspecified atom stereocenters. The van der Waals surface area contributed by atoms with Crippen LogP contribution in [0.2, 0.25) is 0 Å². The zero-order chi connectivity index (χ0) is 8.72. The van der Waals surface area contributed by atoms with Crippen LogP contribution in [0.25, 0.3) is 0 Å². The Morgan fingerprint density at radius 2 is 1.83 bits per heavy atom. The molecule has 0 aromatic heterocycles. The van der Waals surface area contributed by atoms with Gasteiger partial charge in [0.2, 0.25) is 0 Å². The average molecular weight is 166 g/mol. The Labute approximate surface area is 74.5 Å². The third-order valence-electron chi connectivity index (χ3n) is 3.98. The Morgan fingerprint density at radius 1 is 1.08 bits per heavy atom. The van der Waals surface area contributed by atoms with Crippen LogP contribution in [0.3, 0.4) is 0 Å². The minimum atomic E-state index is 0.439. The first kappa shape index (κ1) is 8.28. The monoisotopic (exact) mass is 166 g/mol. The number of hydrogen-bond donors (Lipinski definition) is 0. The van der Waals surface area contributed by atoms with Gasteiger partial charge >= 0.3 is 0 Å². The molecule has 1 heteroatoms. The first-order valence-electron chi connectivity index (χ1n) is 5.23. The van der Waals surface area contributed by atoms with Crippen molar-refractivity contribution in [3.8, 4) is 0 Å². The maximum atomic E-state index is 11.6. The Hall–Kier alpha value is -0.330. The number of carbonyl (C=O) groups is 1. The number of hydrogen-bond acceptors (Lipinski definition) is 1. The summed E-state index contributed by atoms with van der Waals surface area (Å²) in [6.45, 7) is 4.57. The van der Waals surface area contributed by atoms with Crippen LogP contribution in [0.1, 0.15) is 39.5 Å². The molecule has 0 aromatic rings. The van der Waals surface area contributed by atoms with Crippen LogP contribution in [-0.2, 0) is 4.79 Å². The van der Waals surface area contributed by atoms with Gasteiger partial charge in [0.15, 0.2) is 0 Å². The van der Waals surface area contributed by atoms with Crippen molar-refractivity contribution >= 4 is 5.78 Å². The first-order valence-corrected chi connectivity index (χ1v) is 5.23. The first-order chi connectivity index (χ1) is 5.70. The molecule has 12 heavy (non-hydrogen) atoms. The van der Waals surface area contributed by atoms with Gasteiger partial charge in [-0.15, -0.1) is 0 Å². The lowest BCUT2D eigenvalue weighted by Crippen LogP contribution is -2.32. The van der Waals surface area contributed by atoms with E-state index in [-0.39, 0.29) is 0 Å². The van der Waals surface area contributed by atoms with Crippen LogP contribution in [-0.4, -0.2) is 5.78 Å². The molecule has 0 radical (unpaired) electrons. The summed E-state index contributed by atoms with van der Waals surface area (Å²) in [4.78, 5) is 11.6. The van der Waals surface area contributed by atoms with Crippen LogP contribution in [0.15, 0.2) is 0 Å². The SMILES string of the molecule is C[C@H]1CCC(=O)[C@H]2[C@@H]1CC[C@@H]2C. The van der Waals surface area contributed by atoms with Gasteiger partial charge in [-0.2, -0.15) is 0 Å². The van der Waals surface area contributed by atoms with Crippen molar-refractivity contribution in [1.82, 2.24) is 0 Å². The molecule has 0 N–H and O–H groups in total. The summed E-state index contributed by atoms with van der Waals surface area (Å²) in [5.41, 5.74) is 0. The lowest BCUT2D eigenvalue weighted by Gasteiger charge is -2.31. The van der Waals surface area contributed by atoms with Gasteiger partial charge in [0.05, 0.1) is 0 Å². The molecule has 2 aliphatic carbocycles. The van der Waals surface area contributed by atoms with Crippen LogP contribution in [0.4, 0.5) is 0 Å². The summed E-state index contributed by atoms with van der Waals surface area (Å²) in [6.07, 6.45) is 4.59. The van der Waals surface area contributed by atoms with Crippen molar-refractivity contribution in [1.29, 1.82) is 0 Å². The molecular formula is C11H18O. The summed E-state index contributed by atoms with van der Waals surface area (Å²) in [6, 6.07) is 0. The Morgan fingerprint density at radius 3 is 2.50 bits per heavy atom. The fraction of sp³-hybridized carbons (Fsp3) is 0.909. The van der Waals surface area contributed by atoms with E-state index in [0.717, 1.165) is 24.7 Å². The predicted octanol–water partition coefficient (Wildman–Crippen LogP) is 2.65. The Bertz CT molecular complexity index is 197. The smallest absolute Gasteiger partial charge is 0.136 e. The maximum Gasteiger partial charge on any atom is 0.136 e. The summed E-state index contributed by atoms with van der Waals surface area (Å²) < 4.78 is 0. The fourth-order valence-electron chi connectivity index (χ4n) is 3.18. The standard InChI is InChI=1S/C11H18O/c1-7-4-6-10(12)11-8(2)3-5-9(7)11/h7-9,11H,3-6H2,1-2H3/t7-,8-,9+,11+/m0/s1. The van der Waals surface area contributed by atoms with Gasteiger partial charge in [-0.3, -0.25) is 4.79 Å². The van der Waals surface area contributed by atoms with Crippen molar-refractivity contribution in [3.63, 3.8) is 0 Å². The van der Waals surface area contributed by atoms with Crippen molar-refractivity contribution < 1.29 is 4.79 Å². The van der Waals surface area contributed by atoms with Gasteiger partial charge in [-0.05, 0) is 37.0 Å². The van der Waals surface area contributed by atoms with Crippen LogP contribution in [0.5, 0.6) is 0 Å². The van der Waals surface area contributed by atoms with E-state index in [0.29, 0.717) is 17.6 Å². The zero-order valence-electron chi connectivity index (χ0n) is 8.05. The lowest BCUT2D eigenvalue weighted by molar-refractivity contribution is -0.128. The second-order valence-corrected chi connectivity index (χ2v) is 4.73. The molecule has 0 amide bonds. The topological polar surface area (TPSA) is 17.1 Å². The highest BCUT2D eigenvalue weighted by Gasteiger charge is 2.43. The van der Waals surface area contributed by atoms with Gasteiger partial charge in [-0.1, -0.05) is 13.8 Å². The maximum absolute atomic E-state index is 11.6. The van der Waals surface area contributed by atoms with Crippen LogP contribution in [0, 0.1) is 23.7 Å². The molecule has 2 fully saturated rings. The van der Waals surface area contributed by atoms with E-state index in [1.165, 1.54) is 12.8 Å². The normalized spacial score (nSPS) is 47.7. The largest absolute Gasteiger partial charge is 0.299 e. The van der Waals surface area contributed by atoms with Crippen molar-refractivity contribution in [2.45, 2.75) is 39.5 Å². The molecule has 4 atom stereocenters. The summed E-state index contributed by atoms with van der Waals surface area (Å²) in [5.74, 6) is 3.21. The van der Waals surface area contributed by atoms with Crippen molar-refractivity contribution in [2.75, 3.05) is 0 Å². The Kier molecular flexibility index (Phi) is 1.97. The molecule has 2 saturated carbocycles. The van der Waals surface area contributed by atoms with Gasteiger partial charge in [-0.25, -0.2) is 0 Å². The minimum absolute atomic E-state index is 0.439. The minimum Gasteiger partial charge on any atom is -0.299 e. The molecular weight excluding hydrogens is 148 g/mol. The Balaban J connectivity index is 2.18. The number of ketones is 1. The lowest BCUT2D eigenvalue weighted by atomic mass is 9.72. The molecule has 0 saturated heterocycles. The molecule has 0 aliphatic heterocycles. The molecule has 68 valence electrons. The third-order valence-corrected chi connectivity index (χ3v) is 3.98. The fourth-order valence-corrected chi connectivity index (χ4v) is 3.18. The molecule has 2 rings (SSSR count). The number of rotatable bonds is 0. The van der Waals surface area contributed by atoms with E-state index in [2.05, 4.69) is 13.8 Å². The summed E-state index contributed by atoms with van der Waals surface area (Å²) in [7, 11) is 0. The van der Waals surface area contributed by atoms with Gasteiger partial charge in [0.25, 0.3) is 0 Å². The zero-order valence-corrected chi connectivity index (χ0v) is 8.05. The second kappa shape index (κ2) is 2.86. The number of fused-ring (bicyclic) bond motifs is 1. The average Bonchev–Trinajstić information content (AvgIpc) is 2.42. The van der Waals surface area contributed by atoms with E-state index >= 15 is 0 Å². The molecule has 0 bridgehead atoms. The van der Waals surface area contributed by atoms with E-state index in [1.807, 2.05) is 0 Å². The third kappa shape index (κ3) is 1.10. The van der Waals surface area contributed by atoms with E-state index < -0.39 is 0 Å². The van der Waals surface area contributed by atoms with E-state index in [1.54, 1.807) is 0 Å². The second-order valence-electron chi connectivity index (χ2n) is 4.73. The van der Waals surface area contributed by atoms with Crippen molar-refractivity contribution in [2.24, 2.45) is 23.7 Å². The van der Waals surface area contributed by atoms with Crippen LogP contribution >= 0.6 is 0 Å². The molecule has 0 spiro atoms. The quantitative estimate of drug-likeness (QED) is 0.540. The molecule has 0 aromatic carbocycles. The van der Waals surface area contributed by atoms with Crippen LogP contribution < -0.4 is 0 Å². The summed E-state index contributed by atoms with van der Waals surface area (Å²) in [5, 5.41) is 0. The van der Waals surface area contributed by atoms with E-state index in [9.17, 15) is 4.79 Å². The van der Waals surface area contributed by atoms with E-state index in [4.69, 9.17) is 0 Å². The highest BCUT2D eigenvalue weighted by Crippen LogP contribution is 2.46.